The number of carbonyl (C=O) groups is 1. The highest BCUT2D eigenvalue weighted by molar-refractivity contribution is 5.98. The van der Waals surface area contributed by atoms with Gasteiger partial charge in [-0.2, -0.15) is 0 Å². The summed E-state index contributed by atoms with van der Waals surface area (Å²) in [6.07, 6.45) is -0.172. The Balaban J connectivity index is 1.41. The zero-order chi connectivity index (χ0) is 23.5. The molecule has 1 atom stereocenters. The lowest BCUT2D eigenvalue weighted by atomic mass is 10.1. The monoisotopic (exact) mass is 455 g/mol. The molecule has 1 aliphatic rings. The fraction of sp³-hybridized carbons (Fsp3) is 0.222. The first-order valence-corrected chi connectivity index (χ1v) is 11.3. The summed E-state index contributed by atoms with van der Waals surface area (Å²) in [4.78, 5) is 15.3. The van der Waals surface area contributed by atoms with Crippen LogP contribution >= 0.6 is 0 Å². The van der Waals surface area contributed by atoms with Gasteiger partial charge in [0.15, 0.2) is 6.10 Å². The second-order valence-electron chi connectivity index (χ2n) is 8.10. The van der Waals surface area contributed by atoms with Gasteiger partial charge < -0.3 is 18.8 Å². The van der Waals surface area contributed by atoms with E-state index in [1.165, 1.54) is 0 Å². The molecular formula is C27H25N3O4. The highest BCUT2D eigenvalue weighted by atomic mass is 16.5. The summed E-state index contributed by atoms with van der Waals surface area (Å²) < 4.78 is 17.9. The van der Waals surface area contributed by atoms with Crippen LogP contribution in [0.4, 0.5) is 5.69 Å². The first kappa shape index (κ1) is 21.7. The first-order chi connectivity index (χ1) is 16.6. The number of aromatic nitrogens is 2. The highest BCUT2D eigenvalue weighted by Crippen LogP contribution is 2.35. The van der Waals surface area contributed by atoms with Crippen LogP contribution in [0.15, 0.2) is 77.2 Å². The maximum absolute atomic E-state index is 13.5. The van der Waals surface area contributed by atoms with Crippen molar-refractivity contribution in [2.45, 2.75) is 26.4 Å². The van der Waals surface area contributed by atoms with Crippen LogP contribution in [0.5, 0.6) is 11.5 Å². The molecule has 0 N–H and O–H groups in total. The van der Waals surface area contributed by atoms with Gasteiger partial charge in [-0.25, -0.2) is 0 Å². The minimum atomic E-state index is -0.677. The molecule has 7 heteroatoms. The molecule has 1 amide bonds. The van der Waals surface area contributed by atoms with E-state index in [4.69, 9.17) is 13.9 Å². The molecule has 0 radical (unpaired) electrons. The maximum Gasteiger partial charge on any atom is 0.268 e. The van der Waals surface area contributed by atoms with E-state index in [1.807, 2.05) is 86.6 Å². The van der Waals surface area contributed by atoms with Gasteiger partial charge in [0, 0.05) is 5.56 Å². The van der Waals surface area contributed by atoms with Crippen molar-refractivity contribution in [1.29, 1.82) is 0 Å². The molecule has 0 saturated heterocycles. The summed E-state index contributed by atoms with van der Waals surface area (Å²) in [5.74, 6) is 1.88. The van der Waals surface area contributed by atoms with Crippen molar-refractivity contribution in [3.8, 4) is 34.4 Å². The van der Waals surface area contributed by atoms with Crippen LogP contribution in [-0.2, 0) is 4.79 Å². The van der Waals surface area contributed by atoms with E-state index in [2.05, 4.69) is 10.2 Å². The third-order valence-corrected chi connectivity index (χ3v) is 5.72. The Morgan fingerprint density at radius 2 is 1.79 bits per heavy atom. The number of aryl methyl sites for hydroxylation is 1. The van der Waals surface area contributed by atoms with E-state index in [-0.39, 0.29) is 5.91 Å². The summed E-state index contributed by atoms with van der Waals surface area (Å²) in [5, 5.41) is 8.41. The molecule has 4 aromatic rings. The summed E-state index contributed by atoms with van der Waals surface area (Å²) in [7, 11) is 0. The van der Waals surface area contributed by atoms with E-state index in [0.29, 0.717) is 48.4 Å². The lowest BCUT2D eigenvalue weighted by molar-refractivity contribution is -0.125. The Bertz CT molecular complexity index is 1300. The normalized spacial score (nSPS) is 13.6. The van der Waals surface area contributed by atoms with Crippen molar-refractivity contribution < 1.29 is 18.7 Å². The molecule has 3 aromatic carbocycles. The van der Waals surface area contributed by atoms with Gasteiger partial charge in [0.1, 0.15) is 18.1 Å². The van der Waals surface area contributed by atoms with Crippen molar-refractivity contribution in [3.05, 3.63) is 78.4 Å². The van der Waals surface area contributed by atoms with Gasteiger partial charge in [-0.3, -0.25) is 4.79 Å². The topological polar surface area (TPSA) is 77.7 Å². The first-order valence-electron chi connectivity index (χ1n) is 11.3. The number of benzene rings is 3. The van der Waals surface area contributed by atoms with Crippen molar-refractivity contribution in [3.63, 3.8) is 0 Å². The van der Waals surface area contributed by atoms with Crippen molar-refractivity contribution in [2.75, 3.05) is 18.1 Å². The highest BCUT2D eigenvalue weighted by Gasteiger charge is 2.31. The molecular weight excluding hydrogens is 430 g/mol. The van der Waals surface area contributed by atoms with Gasteiger partial charge in [0.05, 0.1) is 17.8 Å². The molecule has 34 heavy (non-hydrogen) atoms. The van der Waals surface area contributed by atoms with Gasteiger partial charge >= 0.3 is 0 Å². The van der Waals surface area contributed by atoms with Crippen LogP contribution in [0.25, 0.3) is 22.9 Å². The fourth-order valence-electron chi connectivity index (χ4n) is 3.97. The third kappa shape index (κ3) is 4.24. The van der Waals surface area contributed by atoms with Crippen LogP contribution in [0.1, 0.15) is 18.9 Å². The molecule has 5 rings (SSSR count). The van der Waals surface area contributed by atoms with E-state index in [9.17, 15) is 4.79 Å². The van der Waals surface area contributed by atoms with Crippen LogP contribution in [0.3, 0.4) is 0 Å². The van der Waals surface area contributed by atoms with Crippen LogP contribution in [0, 0.1) is 6.92 Å². The average molecular weight is 456 g/mol. The number of amides is 1. The number of rotatable bonds is 6. The molecule has 1 aliphatic heterocycles. The summed E-state index contributed by atoms with van der Waals surface area (Å²) in [5.41, 5.74) is 3.31. The van der Waals surface area contributed by atoms with Crippen LogP contribution in [0.2, 0.25) is 0 Å². The second kappa shape index (κ2) is 9.39. The molecule has 0 bridgehead atoms. The zero-order valence-corrected chi connectivity index (χ0v) is 19.1. The van der Waals surface area contributed by atoms with E-state index >= 15 is 0 Å². The Hall–Kier alpha value is -4.13. The smallest absolute Gasteiger partial charge is 0.268 e. The average Bonchev–Trinajstić information content (AvgIpc) is 3.37. The summed E-state index contributed by atoms with van der Waals surface area (Å²) in [6, 6.07) is 22.8. The number of ether oxygens (including phenoxy) is 2. The maximum atomic E-state index is 13.5. The second-order valence-corrected chi connectivity index (χ2v) is 8.10. The quantitative estimate of drug-likeness (QED) is 0.393. The Morgan fingerprint density at radius 3 is 2.62 bits per heavy atom. The molecule has 0 saturated carbocycles. The SMILES string of the molecule is CC[C@@H](Oc1ccccc1-c1nnc(-c2ccccc2)o1)C(=O)N1CCOc2ccc(C)cc21. The minimum absolute atomic E-state index is 0.108. The van der Waals surface area contributed by atoms with Crippen molar-refractivity contribution >= 4 is 11.6 Å². The van der Waals surface area contributed by atoms with E-state index in [1.54, 1.807) is 4.90 Å². The number of anilines is 1. The summed E-state index contributed by atoms with van der Waals surface area (Å²) in [6.45, 7) is 4.85. The molecule has 0 fully saturated rings. The molecule has 7 nitrogen and oxygen atoms in total. The Morgan fingerprint density at radius 1 is 1.03 bits per heavy atom. The Kier molecular flexibility index (Phi) is 5.99. The molecule has 172 valence electrons. The summed E-state index contributed by atoms with van der Waals surface area (Å²) >= 11 is 0. The number of fused-ring (bicyclic) bond motifs is 1. The van der Waals surface area contributed by atoms with Gasteiger partial charge in [0.25, 0.3) is 11.8 Å². The largest absolute Gasteiger partial charge is 0.490 e. The molecule has 0 aliphatic carbocycles. The molecule has 2 heterocycles. The number of hydrogen-bond acceptors (Lipinski definition) is 6. The molecule has 0 spiro atoms. The molecule has 1 aromatic heterocycles. The van der Waals surface area contributed by atoms with Crippen LogP contribution in [-0.4, -0.2) is 35.4 Å². The molecule has 0 unspecified atom stereocenters. The zero-order valence-electron chi connectivity index (χ0n) is 19.1. The lowest BCUT2D eigenvalue weighted by Gasteiger charge is -2.32. The predicted molar refractivity (Wildman–Crippen MR) is 129 cm³/mol. The number of carbonyl (C=O) groups excluding carboxylic acids is 1. The minimum Gasteiger partial charge on any atom is -0.490 e. The predicted octanol–water partition coefficient (Wildman–Crippen LogP) is 5.30. The van der Waals surface area contributed by atoms with Gasteiger partial charge in [-0.1, -0.05) is 43.3 Å². The standard InChI is InChI=1S/C27H25N3O4/c1-3-22(27(31)30-15-16-32-24-14-13-18(2)17-21(24)30)33-23-12-8-7-11-20(23)26-29-28-25(34-26)19-9-5-4-6-10-19/h4-14,17,22H,3,15-16H2,1-2H3/t22-/m1/s1. The number of nitrogens with zero attached hydrogens (tertiary/aromatic N) is 3. The van der Waals surface area contributed by atoms with Crippen molar-refractivity contribution in [1.82, 2.24) is 10.2 Å². The van der Waals surface area contributed by atoms with E-state index in [0.717, 1.165) is 16.8 Å². The number of para-hydroxylation sites is 1. The van der Waals surface area contributed by atoms with Crippen molar-refractivity contribution in [2.24, 2.45) is 0 Å². The fourth-order valence-corrected chi connectivity index (χ4v) is 3.97. The Labute approximate surface area is 198 Å². The van der Waals surface area contributed by atoms with Crippen LogP contribution < -0.4 is 14.4 Å². The number of hydrogen-bond donors (Lipinski definition) is 0. The third-order valence-electron chi connectivity index (χ3n) is 5.72. The van der Waals surface area contributed by atoms with Gasteiger partial charge in [0.2, 0.25) is 5.89 Å². The van der Waals surface area contributed by atoms with Gasteiger partial charge in [-0.15, -0.1) is 10.2 Å². The van der Waals surface area contributed by atoms with Gasteiger partial charge in [-0.05, 0) is 55.3 Å². The lowest BCUT2D eigenvalue weighted by Crippen LogP contribution is -2.45. The van der Waals surface area contributed by atoms with E-state index < -0.39 is 6.10 Å².